The Morgan fingerprint density at radius 2 is 1.95 bits per heavy atom. The highest BCUT2D eigenvalue weighted by Crippen LogP contribution is 2.44. The topological polar surface area (TPSA) is 40.5 Å². The van der Waals surface area contributed by atoms with Crippen molar-refractivity contribution in [3.05, 3.63) is 76.8 Å². The van der Waals surface area contributed by atoms with Gasteiger partial charge in [0.2, 0.25) is 0 Å². The molecule has 4 heteroatoms. The molecule has 1 heterocycles. The molecule has 0 spiro atoms. The molecule has 2 aromatic rings. The summed E-state index contributed by atoms with van der Waals surface area (Å²) < 4.78 is 0.875. The monoisotopic (exact) mass is 357 g/mol. The summed E-state index contributed by atoms with van der Waals surface area (Å²) in [5.41, 5.74) is 0.876. The van der Waals surface area contributed by atoms with E-state index in [-0.39, 0.29) is 12.3 Å². The van der Waals surface area contributed by atoms with Gasteiger partial charge in [-0.15, -0.1) is 6.58 Å². The van der Waals surface area contributed by atoms with Crippen LogP contribution in [0, 0.1) is 0 Å². The van der Waals surface area contributed by atoms with E-state index in [9.17, 15) is 9.90 Å². The second-order valence-electron chi connectivity index (χ2n) is 5.39. The number of nitrogens with zero attached hydrogens (tertiary/aromatic N) is 1. The van der Waals surface area contributed by atoms with Gasteiger partial charge in [-0.1, -0.05) is 58.4 Å². The van der Waals surface area contributed by atoms with Crippen molar-refractivity contribution in [2.24, 2.45) is 0 Å². The minimum Gasteiger partial charge on any atom is -0.375 e. The molecule has 2 aromatic carbocycles. The van der Waals surface area contributed by atoms with Crippen molar-refractivity contribution in [3.8, 4) is 0 Å². The highest BCUT2D eigenvalue weighted by molar-refractivity contribution is 9.10. The summed E-state index contributed by atoms with van der Waals surface area (Å²) in [4.78, 5) is 14.4. The Kier molecular flexibility index (Phi) is 3.89. The summed E-state index contributed by atoms with van der Waals surface area (Å²) in [7, 11) is 0. The van der Waals surface area contributed by atoms with Crippen LogP contribution >= 0.6 is 15.9 Å². The summed E-state index contributed by atoms with van der Waals surface area (Å²) in [5.74, 6) is -0.302. The van der Waals surface area contributed by atoms with Crippen LogP contribution < -0.4 is 4.90 Å². The molecule has 1 aliphatic rings. The molecular weight excluding hydrogens is 342 g/mol. The van der Waals surface area contributed by atoms with E-state index in [4.69, 9.17) is 0 Å². The molecule has 0 saturated carbocycles. The van der Waals surface area contributed by atoms with Crippen molar-refractivity contribution < 1.29 is 9.90 Å². The van der Waals surface area contributed by atoms with E-state index >= 15 is 0 Å². The Bertz CT molecular complexity index is 729. The highest BCUT2D eigenvalue weighted by Gasteiger charge is 2.48. The van der Waals surface area contributed by atoms with E-state index in [0.29, 0.717) is 12.1 Å². The van der Waals surface area contributed by atoms with Gasteiger partial charge >= 0.3 is 0 Å². The van der Waals surface area contributed by atoms with Gasteiger partial charge in [0.15, 0.2) is 5.60 Å². The van der Waals surface area contributed by atoms with Gasteiger partial charge in [-0.25, -0.2) is 0 Å². The number of amides is 1. The van der Waals surface area contributed by atoms with Crippen molar-refractivity contribution in [2.45, 2.75) is 18.6 Å². The Morgan fingerprint density at radius 1 is 1.23 bits per heavy atom. The summed E-state index contributed by atoms with van der Waals surface area (Å²) in [6.45, 7) is 4.10. The number of rotatable bonds is 4. The molecule has 112 valence electrons. The van der Waals surface area contributed by atoms with Gasteiger partial charge in [0.05, 0.1) is 12.2 Å². The van der Waals surface area contributed by atoms with Crippen LogP contribution in [0.2, 0.25) is 0 Å². The number of carbonyl (C=O) groups excluding carboxylic acids is 1. The van der Waals surface area contributed by atoms with Gasteiger partial charge in [-0.3, -0.25) is 4.79 Å². The predicted molar refractivity (Wildman–Crippen MR) is 90.5 cm³/mol. The van der Waals surface area contributed by atoms with Crippen molar-refractivity contribution in [3.63, 3.8) is 0 Å². The van der Waals surface area contributed by atoms with Crippen molar-refractivity contribution in [1.82, 2.24) is 0 Å². The zero-order chi connectivity index (χ0) is 15.7. The number of carbonyl (C=O) groups is 1. The molecule has 0 saturated heterocycles. The van der Waals surface area contributed by atoms with Gasteiger partial charge in [0.25, 0.3) is 5.91 Å². The molecule has 0 bridgehead atoms. The Hall–Kier alpha value is -1.91. The number of halogens is 1. The van der Waals surface area contributed by atoms with E-state index in [1.807, 2.05) is 42.5 Å². The fraction of sp³-hybridized carbons (Fsp3) is 0.167. The van der Waals surface area contributed by atoms with E-state index < -0.39 is 5.60 Å². The molecule has 1 aliphatic heterocycles. The van der Waals surface area contributed by atoms with Gasteiger partial charge in [0.1, 0.15) is 0 Å². The third-order valence-electron chi connectivity index (χ3n) is 3.92. The smallest absolute Gasteiger partial charge is 0.264 e. The van der Waals surface area contributed by atoms with Crippen LogP contribution in [0.3, 0.4) is 0 Å². The largest absolute Gasteiger partial charge is 0.375 e. The van der Waals surface area contributed by atoms with Crippen molar-refractivity contribution >= 4 is 27.5 Å². The molecule has 1 amide bonds. The van der Waals surface area contributed by atoms with Gasteiger partial charge in [-0.05, 0) is 17.7 Å². The molecule has 1 N–H and O–H groups in total. The lowest BCUT2D eigenvalue weighted by Gasteiger charge is -2.22. The maximum atomic E-state index is 12.8. The highest BCUT2D eigenvalue weighted by atomic mass is 79.9. The second-order valence-corrected chi connectivity index (χ2v) is 6.31. The predicted octanol–water partition coefficient (Wildman–Crippen LogP) is 3.76. The first kappa shape index (κ1) is 15.0. The zero-order valence-electron chi connectivity index (χ0n) is 12.0. The van der Waals surface area contributed by atoms with Crippen LogP contribution in [0.4, 0.5) is 5.69 Å². The molecule has 0 radical (unpaired) electrons. The number of fused-ring (bicyclic) bond motifs is 1. The quantitative estimate of drug-likeness (QED) is 0.846. The van der Waals surface area contributed by atoms with Crippen LogP contribution in [0.25, 0.3) is 0 Å². The Labute approximate surface area is 138 Å². The average Bonchev–Trinajstić information content (AvgIpc) is 2.71. The zero-order valence-corrected chi connectivity index (χ0v) is 13.6. The third-order valence-corrected chi connectivity index (χ3v) is 4.41. The van der Waals surface area contributed by atoms with Crippen LogP contribution in [0.1, 0.15) is 17.5 Å². The molecule has 3 nitrogen and oxygen atoms in total. The molecular formula is C18H16BrNO2. The maximum absolute atomic E-state index is 12.8. The summed E-state index contributed by atoms with van der Waals surface area (Å²) in [6, 6.07) is 15.3. The van der Waals surface area contributed by atoms with Crippen LogP contribution in [0.5, 0.6) is 0 Å². The van der Waals surface area contributed by atoms with Crippen LogP contribution in [-0.2, 0) is 16.9 Å². The minimum atomic E-state index is -1.52. The minimum absolute atomic E-state index is 0.200. The van der Waals surface area contributed by atoms with E-state index in [1.165, 1.54) is 0 Å². The van der Waals surface area contributed by atoms with E-state index in [2.05, 4.69) is 22.5 Å². The number of hydrogen-bond donors (Lipinski definition) is 1. The van der Waals surface area contributed by atoms with Crippen LogP contribution in [-0.4, -0.2) is 11.0 Å². The summed E-state index contributed by atoms with van der Waals surface area (Å²) in [5, 5.41) is 10.9. The molecule has 22 heavy (non-hydrogen) atoms. The maximum Gasteiger partial charge on any atom is 0.264 e. The number of hydrogen-bond acceptors (Lipinski definition) is 2. The number of aliphatic hydroxyl groups is 1. The SMILES string of the molecule is C=CCC1(O)C(=O)N(Cc2ccccc2)c2cc(Br)ccc21. The molecule has 3 rings (SSSR count). The fourth-order valence-corrected chi connectivity index (χ4v) is 3.20. The first-order valence-corrected chi connectivity index (χ1v) is 7.85. The fourth-order valence-electron chi connectivity index (χ4n) is 2.85. The summed E-state index contributed by atoms with van der Waals surface area (Å²) >= 11 is 3.43. The first-order valence-electron chi connectivity index (χ1n) is 7.05. The molecule has 1 atom stereocenters. The molecule has 0 fully saturated rings. The molecule has 0 aromatic heterocycles. The van der Waals surface area contributed by atoms with Crippen LogP contribution in [0.15, 0.2) is 65.7 Å². The lowest BCUT2D eigenvalue weighted by molar-refractivity contribution is -0.135. The van der Waals surface area contributed by atoms with Gasteiger partial charge in [0, 0.05) is 16.5 Å². The molecule has 0 aliphatic carbocycles. The normalized spacial score (nSPS) is 20.1. The van der Waals surface area contributed by atoms with Crippen molar-refractivity contribution in [1.29, 1.82) is 0 Å². The third kappa shape index (κ3) is 2.38. The van der Waals surface area contributed by atoms with E-state index in [0.717, 1.165) is 15.7 Å². The van der Waals surface area contributed by atoms with Gasteiger partial charge in [-0.2, -0.15) is 0 Å². The molecule has 1 unspecified atom stereocenters. The number of anilines is 1. The van der Waals surface area contributed by atoms with Gasteiger partial charge < -0.3 is 10.0 Å². The Morgan fingerprint density at radius 3 is 2.64 bits per heavy atom. The lowest BCUT2D eigenvalue weighted by atomic mass is 9.92. The number of benzene rings is 2. The van der Waals surface area contributed by atoms with Crippen molar-refractivity contribution in [2.75, 3.05) is 4.90 Å². The van der Waals surface area contributed by atoms with E-state index in [1.54, 1.807) is 17.0 Å². The average molecular weight is 358 g/mol. The standard InChI is InChI=1S/C18H16BrNO2/c1-2-10-18(22)15-9-8-14(19)11-16(15)20(17(18)21)12-13-6-4-3-5-7-13/h2-9,11,22H,1,10,12H2. The summed E-state index contributed by atoms with van der Waals surface area (Å²) in [6.07, 6.45) is 1.78. The first-order chi connectivity index (χ1) is 10.6. The second kappa shape index (κ2) is 5.71. The Balaban J connectivity index is 2.06. The lowest BCUT2D eigenvalue weighted by Crippen LogP contribution is -2.39.